The highest BCUT2D eigenvalue weighted by Crippen LogP contribution is 2.38. The summed E-state index contributed by atoms with van der Waals surface area (Å²) in [5, 5.41) is 25.2. The van der Waals surface area contributed by atoms with Crippen molar-refractivity contribution in [2.75, 3.05) is 10.6 Å². The fourth-order valence-corrected chi connectivity index (χ4v) is 5.22. The van der Waals surface area contributed by atoms with Gasteiger partial charge in [0.1, 0.15) is 11.8 Å². The Morgan fingerprint density at radius 3 is 2.49 bits per heavy atom. The van der Waals surface area contributed by atoms with Crippen LogP contribution in [0.25, 0.3) is 10.9 Å². The van der Waals surface area contributed by atoms with Crippen molar-refractivity contribution in [2.45, 2.75) is 31.5 Å². The summed E-state index contributed by atoms with van der Waals surface area (Å²) in [6.45, 7) is 2.03. The number of pyridine rings is 1. The molecular formula is C30H24Cl2F2N8O. The van der Waals surface area contributed by atoms with Crippen LogP contribution in [0.4, 0.5) is 20.2 Å². The lowest BCUT2D eigenvalue weighted by molar-refractivity contribution is -0.159. The Kier molecular flexibility index (Phi) is 8.43. The number of aromatic nitrogens is 4. The molecule has 13 heteroatoms. The number of primary amides is 1. The molecule has 9 nitrogen and oxygen atoms in total. The third kappa shape index (κ3) is 5.93. The first-order chi connectivity index (χ1) is 20.6. The summed E-state index contributed by atoms with van der Waals surface area (Å²) in [6.07, 6.45) is 3.11. The van der Waals surface area contributed by atoms with Crippen LogP contribution in [0.3, 0.4) is 0 Å². The lowest BCUT2D eigenvalue weighted by Gasteiger charge is -2.23. The zero-order valence-corrected chi connectivity index (χ0v) is 24.1. The van der Waals surface area contributed by atoms with Gasteiger partial charge in [0.25, 0.3) is 0 Å². The molecule has 0 saturated carbocycles. The van der Waals surface area contributed by atoms with E-state index < -0.39 is 18.0 Å². The summed E-state index contributed by atoms with van der Waals surface area (Å²) in [7, 11) is 0. The first-order valence-corrected chi connectivity index (χ1v) is 13.8. The zero-order valence-electron chi connectivity index (χ0n) is 22.6. The quantitative estimate of drug-likeness (QED) is 0.156. The number of benzene rings is 3. The van der Waals surface area contributed by atoms with Gasteiger partial charge in [-0.1, -0.05) is 83.9 Å². The Bertz CT molecular complexity index is 1840. The molecule has 0 bridgehead atoms. The SMILES string of the molecule is CCC(Nc1c(C#N)cnc2c(Cl)cc(NC(c3cn(C(F)(F)C(N)=O)nn3)c3ccccc3Cl)cc12)c1ccccc1. The normalized spacial score (nSPS) is 12.8. The molecule has 2 heterocycles. The molecule has 0 saturated heterocycles. The molecule has 0 spiro atoms. The standard InChI is InChI=1S/C30H24Cl2F2N8O/c1-2-24(17-8-4-3-5-9-17)39-26-18(14-35)15-37-27-21(26)12-19(13-23(27)32)38-28(20-10-6-7-11-22(20)31)25-16-42(41-40-25)30(33,34)29(36)43/h3-13,15-16,24,28,38H,2H2,1H3,(H2,36,43)(H,37,39). The largest absolute Gasteiger partial charge is 0.423 e. The molecule has 4 N–H and O–H groups in total. The van der Waals surface area contributed by atoms with Gasteiger partial charge in [0.05, 0.1) is 40.1 Å². The number of fused-ring (bicyclic) bond motifs is 1. The number of alkyl halides is 2. The lowest BCUT2D eigenvalue weighted by atomic mass is 10.0. The fourth-order valence-electron chi connectivity index (χ4n) is 4.71. The Labute approximate surface area is 255 Å². The predicted octanol–water partition coefficient (Wildman–Crippen LogP) is 6.80. The molecule has 0 aliphatic rings. The minimum absolute atomic E-state index is 0.0302. The summed E-state index contributed by atoms with van der Waals surface area (Å²) in [5.41, 5.74) is 8.19. The van der Waals surface area contributed by atoms with Crippen molar-refractivity contribution in [1.29, 1.82) is 5.26 Å². The number of hydrogen-bond donors (Lipinski definition) is 3. The average molecular weight is 621 g/mol. The van der Waals surface area contributed by atoms with Crippen molar-refractivity contribution < 1.29 is 13.6 Å². The van der Waals surface area contributed by atoms with Crippen molar-refractivity contribution in [3.63, 3.8) is 0 Å². The molecular weight excluding hydrogens is 597 g/mol. The zero-order chi connectivity index (χ0) is 30.7. The molecule has 2 atom stereocenters. The number of anilines is 2. The number of carbonyl (C=O) groups excluding carboxylic acids is 1. The molecule has 1 amide bonds. The Morgan fingerprint density at radius 2 is 1.81 bits per heavy atom. The molecule has 0 fully saturated rings. The van der Waals surface area contributed by atoms with Gasteiger partial charge in [-0.05, 0) is 35.7 Å². The maximum atomic E-state index is 14.3. The first kappa shape index (κ1) is 29.7. The van der Waals surface area contributed by atoms with Crippen LogP contribution in [0.2, 0.25) is 10.0 Å². The highest BCUT2D eigenvalue weighted by Gasteiger charge is 2.41. The van der Waals surface area contributed by atoms with Crippen LogP contribution in [0, 0.1) is 11.3 Å². The third-order valence-electron chi connectivity index (χ3n) is 6.89. The van der Waals surface area contributed by atoms with Crippen LogP contribution >= 0.6 is 23.2 Å². The molecule has 2 aromatic heterocycles. The number of nitrogens with one attached hydrogen (secondary N) is 2. The van der Waals surface area contributed by atoms with E-state index in [4.69, 9.17) is 28.9 Å². The number of hydrogen-bond acceptors (Lipinski definition) is 7. The van der Waals surface area contributed by atoms with Crippen molar-refractivity contribution in [1.82, 2.24) is 20.0 Å². The smallest absolute Gasteiger partial charge is 0.377 e. The van der Waals surface area contributed by atoms with Crippen molar-refractivity contribution in [3.8, 4) is 6.07 Å². The summed E-state index contributed by atoms with van der Waals surface area (Å²) < 4.78 is 28.8. The summed E-state index contributed by atoms with van der Waals surface area (Å²) in [4.78, 5) is 15.8. The van der Waals surface area contributed by atoms with Gasteiger partial charge in [-0.3, -0.25) is 9.78 Å². The second-order valence-electron chi connectivity index (χ2n) is 9.62. The topological polar surface area (TPSA) is 135 Å². The van der Waals surface area contributed by atoms with Gasteiger partial charge in [-0.25, -0.2) is 0 Å². The Balaban J connectivity index is 1.62. The van der Waals surface area contributed by atoms with Crippen LogP contribution in [0.15, 0.2) is 79.1 Å². The molecule has 5 aromatic rings. The summed E-state index contributed by atoms with van der Waals surface area (Å²) in [6, 6.07) is 17.0. The summed E-state index contributed by atoms with van der Waals surface area (Å²) in [5.74, 6) is -1.88. The number of nitrogens with two attached hydrogens (primary N) is 1. The Hall–Kier alpha value is -4.79. The van der Waals surface area contributed by atoms with Crippen LogP contribution in [-0.2, 0) is 10.8 Å². The van der Waals surface area contributed by atoms with E-state index in [1.807, 2.05) is 37.3 Å². The fraction of sp³-hybridized carbons (Fsp3) is 0.167. The van der Waals surface area contributed by atoms with E-state index in [0.29, 0.717) is 38.4 Å². The van der Waals surface area contributed by atoms with E-state index in [0.717, 1.165) is 18.2 Å². The van der Waals surface area contributed by atoms with E-state index in [1.54, 1.807) is 36.4 Å². The molecule has 0 aliphatic carbocycles. The molecule has 2 unspecified atom stereocenters. The van der Waals surface area contributed by atoms with E-state index in [2.05, 4.69) is 32.0 Å². The number of carbonyl (C=O) groups is 1. The van der Waals surface area contributed by atoms with Crippen molar-refractivity contribution in [3.05, 3.63) is 112 Å². The average Bonchev–Trinajstić information content (AvgIpc) is 3.50. The van der Waals surface area contributed by atoms with Gasteiger partial charge in [-0.15, -0.1) is 5.10 Å². The molecule has 218 valence electrons. The molecule has 3 aromatic carbocycles. The summed E-state index contributed by atoms with van der Waals surface area (Å²) >= 11 is 13.2. The van der Waals surface area contributed by atoms with Gasteiger partial charge in [0.2, 0.25) is 0 Å². The van der Waals surface area contributed by atoms with Gasteiger partial charge in [-0.2, -0.15) is 18.7 Å². The van der Waals surface area contributed by atoms with E-state index >= 15 is 0 Å². The van der Waals surface area contributed by atoms with Crippen LogP contribution < -0.4 is 16.4 Å². The van der Waals surface area contributed by atoms with Crippen molar-refractivity contribution in [2.24, 2.45) is 5.73 Å². The predicted molar refractivity (Wildman–Crippen MR) is 161 cm³/mol. The van der Waals surface area contributed by atoms with Gasteiger partial charge in [0, 0.05) is 22.3 Å². The van der Waals surface area contributed by atoms with Crippen molar-refractivity contribution >= 4 is 51.4 Å². The maximum Gasteiger partial charge on any atom is 0.423 e. The van der Waals surface area contributed by atoms with E-state index in [9.17, 15) is 18.8 Å². The Morgan fingerprint density at radius 1 is 1.09 bits per heavy atom. The monoisotopic (exact) mass is 620 g/mol. The van der Waals surface area contributed by atoms with Gasteiger partial charge < -0.3 is 16.4 Å². The van der Waals surface area contributed by atoms with E-state index in [1.165, 1.54) is 6.20 Å². The molecule has 5 rings (SSSR count). The highest BCUT2D eigenvalue weighted by atomic mass is 35.5. The first-order valence-electron chi connectivity index (χ1n) is 13.1. The highest BCUT2D eigenvalue weighted by molar-refractivity contribution is 6.36. The van der Waals surface area contributed by atoms with Crippen LogP contribution in [-0.4, -0.2) is 25.9 Å². The second kappa shape index (κ2) is 12.2. The minimum Gasteiger partial charge on any atom is -0.377 e. The molecule has 0 aliphatic heterocycles. The number of nitriles is 1. The van der Waals surface area contributed by atoms with Gasteiger partial charge >= 0.3 is 12.0 Å². The number of halogens is 4. The van der Waals surface area contributed by atoms with Gasteiger partial charge in [0.15, 0.2) is 0 Å². The van der Waals surface area contributed by atoms with E-state index in [-0.39, 0.29) is 21.4 Å². The third-order valence-corrected chi connectivity index (χ3v) is 7.52. The van der Waals surface area contributed by atoms with Crippen LogP contribution in [0.1, 0.15) is 47.8 Å². The maximum absolute atomic E-state index is 14.3. The number of amides is 1. The number of rotatable bonds is 10. The molecule has 0 radical (unpaired) electrons. The number of nitrogens with zero attached hydrogens (tertiary/aromatic N) is 5. The minimum atomic E-state index is -4.10. The van der Waals surface area contributed by atoms with Crippen LogP contribution in [0.5, 0.6) is 0 Å². The molecule has 43 heavy (non-hydrogen) atoms. The second-order valence-corrected chi connectivity index (χ2v) is 10.4. The lowest BCUT2D eigenvalue weighted by Crippen LogP contribution is -2.39.